The lowest BCUT2D eigenvalue weighted by Gasteiger charge is -2.41. The Hall–Kier alpha value is -0.510. The molecule has 0 radical (unpaired) electrons. The zero-order valence-corrected chi connectivity index (χ0v) is 12.3. The minimum Gasteiger partial charge on any atom is -0.198 e. The van der Waals surface area contributed by atoms with Gasteiger partial charge in [0.1, 0.15) is 0 Å². The monoisotopic (exact) mass is 235 g/mol. The highest BCUT2D eigenvalue weighted by Crippen LogP contribution is 2.48. The van der Waals surface area contributed by atoms with E-state index in [1.165, 1.54) is 19.3 Å². The largest absolute Gasteiger partial charge is 0.198 e. The van der Waals surface area contributed by atoms with Crippen LogP contribution in [0.3, 0.4) is 0 Å². The molecule has 98 valence electrons. The summed E-state index contributed by atoms with van der Waals surface area (Å²) < 4.78 is 0. The van der Waals surface area contributed by atoms with Gasteiger partial charge in [-0.2, -0.15) is 5.26 Å². The molecule has 0 heterocycles. The van der Waals surface area contributed by atoms with Gasteiger partial charge in [0, 0.05) is 0 Å². The van der Waals surface area contributed by atoms with Gasteiger partial charge in [-0.15, -0.1) is 0 Å². The van der Waals surface area contributed by atoms with Gasteiger partial charge in [0.25, 0.3) is 0 Å². The van der Waals surface area contributed by atoms with Crippen molar-refractivity contribution >= 4 is 0 Å². The highest BCUT2D eigenvalue weighted by Gasteiger charge is 2.39. The molecule has 1 saturated carbocycles. The van der Waals surface area contributed by atoms with Crippen LogP contribution in [-0.4, -0.2) is 0 Å². The quantitative estimate of drug-likeness (QED) is 0.662. The predicted octanol–water partition coefficient (Wildman–Crippen LogP) is 5.17. The van der Waals surface area contributed by atoms with Crippen LogP contribution >= 0.6 is 0 Å². The van der Waals surface area contributed by atoms with Gasteiger partial charge in [0.15, 0.2) is 0 Å². The van der Waals surface area contributed by atoms with E-state index in [-0.39, 0.29) is 5.41 Å². The summed E-state index contributed by atoms with van der Waals surface area (Å²) in [6, 6.07) is 2.65. The third kappa shape index (κ3) is 3.73. The van der Waals surface area contributed by atoms with E-state index in [0.29, 0.717) is 11.3 Å². The Kier molecular flexibility index (Phi) is 4.64. The molecule has 0 amide bonds. The molecule has 0 saturated heterocycles. The molecule has 1 unspecified atom stereocenters. The van der Waals surface area contributed by atoms with E-state index in [0.717, 1.165) is 25.2 Å². The summed E-state index contributed by atoms with van der Waals surface area (Å²) in [5, 5.41) is 9.53. The Bertz CT molecular complexity index is 271. The van der Waals surface area contributed by atoms with Gasteiger partial charge in [0.2, 0.25) is 0 Å². The fourth-order valence-electron chi connectivity index (χ4n) is 3.21. The van der Waals surface area contributed by atoms with Crippen LogP contribution in [0.4, 0.5) is 0 Å². The van der Waals surface area contributed by atoms with Crippen LogP contribution in [0.2, 0.25) is 0 Å². The molecule has 1 aliphatic carbocycles. The smallest absolute Gasteiger partial charge is 0.0689 e. The van der Waals surface area contributed by atoms with Crippen molar-refractivity contribution < 1.29 is 0 Å². The maximum Gasteiger partial charge on any atom is 0.0689 e. The van der Waals surface area contributed by atoms with Gasteiger partial charge < -0.3 is 0 Å². The number of nitrogens with zero attached hydrogens (tertiary/aromatic N) is 1. The Balaban J connectivity index is 2.61. The summed E-state index contributed by atoms with van der Waals surface area (Å²) in [7, 11) is 0. The van der Waals surface area contributed by atoms with Gasteiger partial charge in [-0.25, -0.2) is 0 Å². The zero-order valence-electron chi connectivity index (χ0n) is 12.3. The third-order valence-electron chi connectivity index (χ3n) is 4.84. The molecule has 0 N–H and O–H groups in total. The molecule has 0 aromatic carbocycles. The minimum atomic E-state index is -0.00280. The molecule has 1 rings (SSSR count). The maximum atomic E-state index is 9.53. The van der Waals surface area contributed by atoms with Gasteiger partial charge >= 0.3 is 0 Å². The molecule has 0 spiro atoms. The second-order valence-corrected chi connectivity index (χ2v) is 7.25. The number of hydrogen-bond donors (Lipinski definition) is 0. The lowest BCUT2D eigenvalue weighted by atomic mass is 9.62. The van der Waals surface area contributed by atoms with Crippen molar-refractivity contribution in [3.63, 3.8) is 0 Å². The second kappa shape index (κ2) is 5.42. The van der Waals surface area contributed by atoms with Crippen molar-refractivity contribution in [1.82, 2.24) is 0 Å². The molecule has 1 fully saturated rings. The summed E-state index contributed by atoms with van der Waals surface area (Å²) in [5.41, 5.74) is 0.412. The first-order valence-corrected chi connectivity index (χ1v) is 7.24. The molecule has 1 aliphatic rings. The molecule has 1 nitrogen and oxygen atoms in total. The standard InChI is InChI=1S/C16H29N/c1-6-13(2)11-16(12-17)9-7-14(8-10-16)15(3,4)5/h13-14H,6-11H2,1-5H3. The van der Waals surface area contributed by atoms with Gasteiger partial charge in [-0.05, 0) is 49.4 Å². The minimum absolute atomic E-state index is 0.00280. The maximum absolute atomic E-state index is 9.53. The lowest BCUT2D eigenvalue weighted by molar-refractivity contribution is 0.105. The van der Waals surface area contributed by atoms with Crippen molar-refractivity contribution in [2.24, 2.45) is 22.7 Å². The van der Waals surface area contributed by atoms with Crippen molar-refractivity contribution in [2.45, 2.75) is 73.1 Å². The Labute approximate surface area is 108 Å². The fraction of sp³-hybridized carbons (Fsp3) is 0.938. The van der Waals surface area contributed by atoms with Crippen LogP contribution in [0.5, 0.6) is 0 Å². The topological polar surface area (TPSA) is 23.8 Å². The van der Waals surface area contributed by atoms with Crippen molar-refractivity contribution in [3.8, 4) is 6.07 Å². The molecule has 0 aliphatic heterocycles. The molecule has 1 atom stereocenters. The molecule has 0 aromatic rings. The zero-order chi connectivity index (χ0) is 13.1. The first-order valence-electron chi connectivity index (χ1n) is 7.24. The molecule has 0 aromatic heterocycles. The first-order chi connectivity index (χ1) is 7.83. The average Bonchev–Trinajstić information content (AvgIpc) is 2.28. The van der Waals surface area contributed by atoms with Crippen LogP contribution in [0.15, 0.2) is 0 Å². The van der Waals surface area contributed by atoms with Crippen LogP contribution in [0.1, 0.15) is 73.1 Å². The summed E-state index contributed by atoms with van der Waals surface area (Å²) in [4.78, 5) is 0. The Morgan fingerprint density at radius 1 is 1.29 bits per heavy atom. The van der Waals surface area contributed by atoms with E-state index in [2.05, 4.69) is 40.7 Å². The van der Waals surface area contributed by atoms with Crippen molar-refractivity contribution in [2.75, 3.05) is 0 Å². The molecule has 0 bridgehead atoms. The number of hydrogen-bond acceptors (Lipinski definition) is 1. The lowest BCUT2D eigenvalue weighted by Crippen LogP contribution is -2.32. The molecular weight excluding hydrogens is 206 g/mol. The Morgan fingerprint density at radius 3 is 2.18 bits per heavy atom. The predicted molar refractivity (Wildman–Crippen MR) is 73.5 cm³/mol. The van der Waals surface area contributed by atoms with E-state index in [1.54, 1.807) is 0 Å². The van der Waals surface area contributed by atoms with Crippen LogP contribution in [0, 0.1) is 34.0 Å². The number of rotatable bonds is 3. The van der Waals surface area contributed by atoms with Crippen LogP contribution < -0.4 is 0 Å². The first kappa shape index (κ1) is 14.6. The van der Waals surface area contributed by atoms with E-state index >= 15 is 0 Å². The molecule has 1 heteroatoms. The van der Waals surface area contributed by atoms with Crippen LogP contribution in [-0.2, 0) is 0 Å². The second-order valence-electron chi connectivity index (χ2n) is 7.25. The van der Waals surface area contributed by atoms with E-state index in [1.807, 2.05) is 0 Å². The fourth-order valence-corrected chi connectivity index (χ4v) is 3.21. The van der Waals surface area contributed by atoms with E-state index in [9.17, 15) is 5.26 Å². The highest BCUT2D eigenvalue weighted by atomic mass is 14.5. The molecule has 17 heavy (non-hydrogen) atoms. The average molecular weight is 235 g/mol. The van der Waals surface area contributed by atoms with Gasteiger partial charge in [-0.1, -0.05) is 41.0 Å². The Morgan fingerprint density at radius 2 is 1.82 bits per heavy atom. The van der Waals surface area contributed by atoms with Crippen molar-refractivity contribution in [1.29, 1.82) is 5.26 Å². The molecular formula is C16H29N. The van der Waals surface area contributed by atoms with Gasteiger partial charge in [-0.3, -0.25) is 0 Å². The van der Waals surface area contributed by atoms with E-state index < -0.39 is 0 Å². The highest BCUT2D eigenvalue weighted by molar-refractivity contribution is 5.03. The van der Waals surface area contributed by atoms with E-state index in [4.69, 9.17) is 0 Å². The summed E-state index contributed by atoms with van der Waals surface area (Å²) in [6.45, 7) is 11.5. The summed E-state index contributed by atoms with van der Waals surface area (Å²) in [5.74, 6) is 1.50. The summed E-state index contributed by atoms with van der Waals surface area (Å²) >= 11 is 0. The van der Waals surface area contributed by atoms with Crippen LogP contribution in [0.25, 0.3) is 0 Å². The number of nitriles is 1. The van der Waals surface area contributed by atoms with Gasteiger partial charge in [0.05, 0.1) is 11.5 Å². The normalized spacial score (nSPS) is 31.9. The van der Waals surface area contributed by atoms with Crippen molar-refractivity contribution in [3.05, 3.63) is 0 Å². The summed E-state index contributed by atoms with van der Waals surface area (Å²) in [6.07, 6.45) is 7.04. The SMILES string of the molecule is CCC(C)CC1(C#N)CCC(C(C)(C)C)CC1. The third-order valence-corrected chi connectivity index (χ3v) is 4.84.